The second kappa shape index (κ2) is 12.2. The molecule has 1 N–H and O–H groups in total. The number of rotatable bonds is 11. The van der Waals surface area contributed by atoms with E-state index >= 15 is 0 Å². The molecule has 0 aliphatic heterocycles. The van der Waals surface area contributed by atoms with Crippen molar-refractivity contribution in [2.24, 2.45) is 0 Å². The third-order valence-corrected chi connectivity index (χ3v) is 5.18. The Balaban J connectivity index is 1.94. The maximum Gasteiger partial charge on any atom is 0.242 e. The fraction of sp³-hybridized carbons (Fsp3) is 0.391. The molecule has 0 aliphatic carbocycles. The summed E-state index contributed by atoms with van der Waals surface area (Å²) in [5, 5.41) is 2.80. The molecule has 0 fully saturated rings. The van der Waals surface area contributed by atoms with E-state index in [1.165, 1.54) is 0 Å². The van der Waals surface area contributed by atoms with Gasteiger partial charge in [-0.3, -0.25) is 9.59 Å². The van der Waals surface area contributed by atoms with Crippen LogP contribution in [0.25, 0.3) is 0 Å². The third-order valence-electron chi connectivity index (χ3n) is 4.65. The lowest BCUT2D eigenvalue weighted by Crippen LogP contribution is -2.47. The predicted octanol–water partition coefficient (Wildman–Crippen LogP) is 4.17. The summed E-state index contributed by atoms with van der Waals surface area (Å²) in [7, 11) is 1.61. The van der Waals surface area contributed by atoms with Crippen LogP contribution in [0.4, 0.5) is 0 Å². The number of ether oxygens (including phenoxy) is 2. The van der Waals surface area contributed by atoms with E-state index in [9.17, 15) is 9.59 Å². The van der Waals surface area contributed by atoms with Crippen molar-refractivity contribution < 1.29 is 19.1 Å². The van der Waals surface area contributed by atoms with E-state index in [1.807, 2.05) is 55.5 Å². The Morgan fingerprint density at radius 2 is 1.70 bits per heavy atom. The quantitative estimate of drug-likeness (QED) is 0.494. The van der Waals surface area contributed by atoms with E-state index in [-0.39, 0.29) is 11.8 Å². The molecule has 0 aromatic heterocycles. The SMILES string of the molecule is CCNC(=O)[C@H](C)N(Cc1ccc(Br)cc1)C(=O)CCCOc1ccc(OC)cc1. The molecule has 0 saturated carbocycles. The average molecular weight is 477 g/mol. The van der Waals surface area contributed by atoms with Gasteiger partial charge in [0.15, 0.2) is 0 Å². The summed E-state index contributed by atoms with van der Waals surface area (Å²) >= 11 is 3.42. The number of hydrogen-bond acceptors (Lipinski definition) is 4. The molecular formula is C23H29BrN2O4. The predicted molar refractivity (Wildman–Crippen MR) is 121 cm³/mol. The zero-order valence-electron chi connectivity index (χ0n) is 17.7. The van der Waals surface area contributed by atoms with Crippen LogP contribution >= 0.6 is 15.9 Å². The number of nitrogens with zero attached hydrogens (tertiary/aromatic N) is 1. The monoisotopic (exact) mass is 476 g/mol. The molecule has 0 radical (unpaired) electrons. The minimum atomic E-state index is -0.552. The van der Waals surface area contributed by atoms with Crippen molar-refractivity contribution in [2.75, 3.05) is 20.3 Å². The van der Waals surface area contributed by atoms with E-state index < -0.39 is 6.04 Å². The van der Waals surface area contributed by atoms with Crippen LogP contribution < -0.4 is 14.8 Å². The number of likely N-dealkylation sites (N-methyl/N-ethyl adjacent to an activating group) is 1. The topological polar surface area (TPSA) is 67.9 Å². The summed E-state index contributed by atoms with van der Waals surface area (Å²) in [4.78, 5) is 26.9. The fourth-order valence-electron chi connectivity index (χ4n) is 2.92. The van der Waals surface area contributed by atoms with Gasteiger partial charge in [0.2, 0.25) is 11.8 Å². The lowest BCUT2D eigenvalue weighted by molar-refractivity contribution is -0.140. The van der Waals surface area contributed by atoms with E-state index in [0.29, 0.717) is 32.5 Å². The molecule has 30 heavy (non-hydrogen) atoms. The van der Waals surface area contributed by atoms with Crippen LogP contribution in [-0.2, 0) is 16.1 Å². The molecule has 0 saturated heterocycles. The molecule has 0 heterocycles. The van der Waals surface area contributed by atoms with Crippen LogP contribution in [0.15, 0.2) is 53.0 Å². The highest BCUT2D eigenvalue weighted by atomic mass is 79.9. The van der Waals surface area contributed by atoms with E-state index in [2.05, 4.69) is 21.2 Å². The lowest BCUT2D eigenvalue weighted by Gasteiger charge is -2.28. The number of methoxy groups -OCH3 is 1. The molecule has 0 aliphatic rings. The van der Waals surface area contributed by atoms with Gasteiger partial charge in [-0.1, -0.05) is 28.1 Å². The highest BCUT2D eigenvalue weighted by Crippen LogP contribution is 2.18. The molecule has 0 spiro atoms. The zero-order chi connectivity index (χ0) is 21.9. The Kier molecular flexibility index (Phi) is 9.67. The first kappa shape index (κ1) is 23.7. The maximum atomic E-state index is 12.9. The standard InChI is InChI=1S/C23H29BrN2O4/c1-4-25-23(28)17(2)26(16-18-7-9-19(24)10-8-18)22(27)6-5-15-30-21-13-11-20(29-3)12-14-21/h7-14,17H,4-6,15-16H2,1-3H3,(H,25,28)/t17-/m0/s1. The van der Waals surface area contributed by atoms with E-state index in [4.69, 9.17) is 9.47 Å². The lowest BCUT2D eigenvalue weighted by atomic mass is 10.1. The average Bonchev–Trinajstić information content (AvgIpc) is 2.76. The van der Waals surface area contributed by atoms with Crippen LogP contribution in [0, 0.1) is 0 Å². The number of benzene rings is 2. The molecule has 2 amide bonds. The highest BCUT2D eigenvalue weighted by Gasteiger charge is 2.25. The second-order valence-electron chi connectivity index (χ2n) is 6.85. The van der Waals surface area contributed by atoms with Crippen LogP contribution in [0.2, 0.25) is 0 Å². The van der Waals surface area contributed by atoms with Gasteiger partial charge in [-0.15, -0.1) is 0 Å². The van der Waals surface area contributed by atoms with Gasteiger partial charge < -0.3 is 19.7 Å². The molecule has 2 aromatic rings. The molecule has 2 rings (SSSR count). The van der Waals surface area contributed by atoms with Crippen molar-refractivity contribution in [3.63, 3.8) is 0 Å². The van der Waals surface area contributed by atoms with E-state index in [1.54, 1.807) is 18.9 Å². The van der Waals surface area contributed by atoms with Crippen molar-refractivity contribution in [1.82, 2.24) is 10.2 Å². The molecule has 162 valence electrons. The summed E-state index contributed by atoms with van der Waals surface area (Å²) in [6, 6.07) is 14.5. The van der Waals surface area contributed by atoms with Crippen molar-refractivity contribution in [3.8, 4) is 11.5 Å². The summed E-state index contributed by atoms with van der Waals surface area (Å²) < 4.78 is 11.8. The van der Waals surface area contributed by atoms with Crippen LogP contribution in [0.5, 0.6) is 11.5 Å². The van der Waals surface area contributed by atoms with Crippen molar-refractivity contribution in [1.29, 1.82) is 0 Å². The zero-order valence-corrected chi connectivity index (χ0v) is 19.3. The fourth-order valence-corrected chi connectivity index (χ4v) is 3.18. The Morgan fingerprint density at radius 1 is 1.07 bits per heavy atom. The first-order chi connectivity index (χ1) is 14.4. The van der Waals surface area contributed by atoms with Gasteiger partial charge in [-0.25, -0.2) is 0 Å². The molecule has 7 heteroatoms. The maximum absolute atomic E-state index is 12.9. The number of carbonyl (C=O) groups is 2. The van der Waals surface area contributed by atoms with Gasteiger partial charge >= 0.3 is 0 Å². The Morgan fingerprint density at radius 3 is 2.30 bits per heavy atom. The van der Waals surface area contributed by atoms with Crippen molar-refractivity contribution in [2.45, 2.75) is 39.3 Å². The summed E-state index contributed by atoms with van der Waals surface area (Å²) in [6.45, 7) is 4.94. The molecule has 6 nitrogen and oxygen atoms in total. The summed E-state index contributed by atoms with van der Waals surface area (Å²) in [5.74, 6) is 1.26. The summed E-state index contributed by atoms with van der Waals surface area (Å²) in [5.41, 5.74) is 0.970. The first-order valence-corrected chi connectivity index (χ1v) is 10.8. The van der Waals surface area contributed by atoms with Crippen molar-refractivity contribution >= 4 is 27.7 Å². The number of amides is 2. The Labute approximate surface area is 186 Å². The molecule has 0 unspecified atom stereocenters. The van der Waals surface area contributed by atoms with Crippen molar-refractivity contribution in [3.05, 3.63) is 58.6 Å². The molecule has 0 bridgehead atoms. The number of hydrogen-bond donors (Lipinski definition) is 1. The van der Waals surface area contributed by atoms with Gasteiger partial charge in [0, 0.05) is 24.0 Å². The molecular weight excluding hydrogens is 448 g/mol. The van der Waals surface area contributed by atoms with Crippen LogP contribution in [0.1, 0.15) is 32.3 Å². The van der Waals surface area contributed by atoms with E-state index in [0.717, 1.165) is 21.5 Å². The van der Waals surface area contributed by atoms with Gasteiger partial charge in [0.25, 0.3) is 0 Å². The Hall–Kier alpha value is -2.54. The van der Waals surface area contributed by atoms with Gasteiger partial charge in [-0.2, -0.15) is 0 Å². The van der Waals surface area contributed by atoms with Crippen LogP contribution in [-0.4, -0.2) is 43.0 Å². The Bertz CT molecular complexity index is 809. The third kappa shape index (κ3) is 7.37. The largest absolute Gasteiger partial charge is 0.497 e. The summed E-state index contributed by atoms with van der Waals surface area (Å²) in [6.07, 6.45) is 0.861. The number of halogens is 1. The van der Waals surface area contributed by atoms with Crippen LogP contribution in [0.3, 0.4) is 0 Å². The molecule has 2 aromatic carbocycles. The minimum absolute atomic E-state index is 0.0741. The minimum Gasteiger partial charge on any atom is -0.497 e. The number of carbonyl (C=O) groups excluding carboxylic acids is 2. The number of nitrogens with one attached hydrogen (secondary N) is 1. The first-order valence-electron chi connectivity index (χ1n) is 10.0. The highest BCUT2D eigenvalue weighted by molar-refractivity contribution is 9.10. The van der Waals surface area contributed by atoms with Gasteiger partial charge in [0.05, 0.1) is 13.7 Å². The molecule has 1 atom stereocenters. The van der Waals surface area contributed by atoms with Gasteiger partial charge in [0.1, 0.15) is 17.5 Å². The van der Waals surface area contributed by atoms with Gasteiger partial charge in [-0.05, 0) is 62.2 Å². The second-order valence-corrected chi connectivity index (χ2v) is 7.76. The smallest absolute Gasteiger partial charge is 0.242 e. The normalized spacial score (nSPS) is 11.5.